The van der Waals surface area contributed by atoms with Crippen LogP contribution in [0.1, 0.15) is 35.8 Å². The standard InChI is InChI=1S/C10H11Br2NO2/c1-2-3-4-6-5-13-9(10(14)15)8(12)7(6)11/h5H,2-4H2,1H3,(H,14,15). The number of unbranched alkanes of at least 4 members (excludes halogenated alkanes) is 1. The monoisotopic (exact) mass is 335 g/mol. The Balaban J connectivity index is 3.04. The maximum Gasteiger partial charge on any atom is 0.355 e. The van der Waals surface area contributed by atoms with Crippen LogP contribution in [0.2, 0.25) is 0 Å². The Hall–Kier alpha value is -0.420. The number of hydrogen-bond donors (Lipinski definition) is 1. The molecular weight excluding hydrogens is 326 g/mol. The molecule has 0 aliphatic rings. The molecule has 3 nitrogen and oxygen atoms in total. The van der Waals surface area contributed by atoms with Crippen LogP contribution in [0.25, 0.3) is 0 Å². The highest BCUT2D eigenvalue weighted by molar-refractivity contribution is 9.13. The summed E-state index contributed by atoms with van der Waals surface area (Å²) in [4.78, 5) is 14.7. The zero-order valence-electron chi connectivity index (χ0n) is 8.26. The molecule has 82 valence electrons. The molecule has 0 fully saturated rings. The summed E-state index contributed by atoms with van der Waals surface area (Å²) >= 11 is 6.61. The van der Waals surface area contributed by atoms with Gasteiger partial charge in [0.15, 0.2) is 5.69 Å². The number of pyridine rings is 1. The highest BCUT2D eigenvalue weighted by atomic mass is 79.9. The SMILES string of the molecule is CCCCc1cnc(C(=O)O)c(Br)c1Br. The number of nitrogens with zero attached hydrogens (tertiary/aromatic N) is 1. The van der Waals surface area contributed by atoms with Crippen LogP contribution in [-0.2, 0) is 6.42 Å². The van der Waals surface area contributed by atoms with E-state index in [-0.39, 0.29) is 5.69 Å². The molecule has 0 saturated carbocycles. The Morgan fingerprint density at radius 1 is 1.47 bits per heavy atom. The van der Waals surface area contributed by atoms with Gasteiger partial charge < -0.3 is 5.11 Å². The van der Waals surface area contributed by atoms with Crippen molar-refractivity contribution in [1.29, 1.82) is 0 Å². The molecule has 0 spiro atoms. The number of aromatic carboxylic acids is 1. The highest BCUT2D eigenvalue weighted by Crippen LogP contribution is 2.29. The van der Waals surface area contributed by atoms with Gasteiger partial charge in [-0.05, 0) is 50.3 Å². The molecule has 0 aliphatic carbocycles. The van der Waals surface area contributed by atoms with Crippen molar-refractivity contribution in [1.82, 2.24) is 4.98 Å². The van der Waals surface area contributed by atoms with Crippen LogP contribution in [0.5, 0.6) is 0 Å². The maximum atomic E-state index is 10.8. The molecule has 15 heavy (non-hydrogen) atoms. The van der Waals surface area contributed by atoms with Crippen molar-refractivity contribution in [2.45, 2.75) is 26.2 Å². The van der Waals surface area contributed by atoms with Gasteiger partial charge in [-0.1, -0.05) is 13.3 Å². The second-order valence-corrected chi connectivity index (χ2v) is 4.75. The first-order chi connectivity index (χ1) is 7.07. The summed E-state index contributed by atoms with van der Waals surface area (Å²) in [5.41, 5.74) is 1.08. The Morgan fingerprint density at radius 2 is 2.13 bits per heavy atom. The summed E-state index contributed by atoms with van der Waals surface area (Å²) < 4.78 is 1.31. The third-order valence-corrected chi connectivity index (χ3v) is 4.24. The molecule has 1 rings (SSSR count). The first-order valence-corrected chi connectivity index (χ1v) is 6.22. The van der Waals surface area contributed by atoms with Gasteiger partial charge in [-0.25, -0.2) is 9.78 Å². The summed E-state index contributed by atoms with van der Waals surface area (Å²) in [6, 6.07) is 0. The van der Waals surface area contributed by atoms with E-state index in [2.05, 4.69) is 43.8 Å². The number of aromatic nitrogens is 1. The summed E-state index contributed by atoms with van der Waals surface area (Å²) in [5, 5.41) is 8.84. The molecule has 0 unspecified atom stereocenters. The lowest BCUT2D eigenvalue weighted by molar-refractivity contribution is 0.0689. The van der Waals surface area contributed by atoms with Gasteiger partial charge in [0, 0.05) is 10.7 Å². The number of carboxylic acid groups (broad SMARTS) is 1. The average Bonchev–Trinajstić information content (AvgIpc) is 2.20. The molecule has 0 aromatic carbocycles. The van der Waals surface area contributed by atoms with Crippen molar-refractivity contribution in [2.75, 3.05) is 0 Å². The van der Waals surface area contributed by atoms with Crippen LogP contribution in [0.15, 0.2) is 15.1 Å². The van der Waals surface area contributed by atoms with Crippen molar-refractivity contribution in [3.63, 3.8) is 0 Å². The molecule has 1 heterocycles. The number of hydrogen-bond acceptors (Lipinski definition) is 2. The topological polar surface area (TPSA) is 50.2 Å². The fourth-order valence-electron chi connectivity index (χ4n) is 1.19. The van der Waals surface area contributed by atoms with E-state index < -0.39 is 5.97 Å². The van der Waals surface area contributed by atoms with Crippen molar-refractivity contribution < 1.29 is 9.90 Å². The lowest BCUT2D eigenvalue weighted by Crippen LogP contribution is -2.03. The highest BCUT2D eigenvalue weighted by Gasteiger charge is 2.15. The van der Waals surface area contributed by atoms with E-state index in [1.807, 2.05) is 0 Å². The molecule has 0 radical (unpaired) electrons. The van der Waals surface area contributed by atoms with Crippen molar-refractivity contribution in [3.05, 3.63) is 26.4 Å². The van der Waals surface area contributed by atoms with E-state index >= 15 is 0 Å². The van der Waals surface area contributed by atoms with Crippen molar-refractivity contribution in [3.8, 4) is 0 Å². The zero-order valence-corrected chi connectivity index (χ0v) is 11.4. The van der Waals surface area contributed by atoms with Gasteiger partial charge in [-0.3, -0.25) is 0 Å². The van der Waals surface area contributed by atoms with E-state index in [4.69, 9.17) is 5.11 Å². The van der Waals surface area contributed by atoms with Gasteiger partial charge in [0.05, 0.1) is 4.47 Å². The number of carboxylic acids is 1. The van der Waals surface area contributed by atoms with Gasteiger partial charge in [-0.2, -0.15) is 0 Å². The first kappa shape index (κ1) is 12.6. The van der Waals surface area contributed by atoms with Crippen molar-refractivity contribution >= 4 is 37.8 Å². The Morgan fingerprint density at radius 3 is 2.67 bits per heavy atom. The van der Waals surface area contributed by atoms with E-state index in [1.165, 1.54) is 0 Å². The van der Waals surface area contributed by atoms with Crippen LogP contribution in [0.3, 0.4) is 0 Å². The zero-order chi connectivity index (χ0) is 11.4. The van der Waals surface area contributed by atoms with E-state index in [0.717, 1.165) is 29.3 Å². The molecule has 0 bridgehead atoms. The number of rotatable bonds is 4. The van der Waals surface area contributed by atoms with Gasteiger partial charge in [0.2, 0.25) is 0 Å². The van der Waals surface area contributed by atoms with E-state index in [9.17, 15) is 4.79 Å². The fraction of sp³-hybridized carbons (Fsp3) is 0.400. The Labute approximate surface area is 105 Å². The lowest BCUT2D eigenvalue weighted by atomic mass is 10.1. The minimum absolute atomic E-state index is 0.0436. The smallest absolute Gasteiger partial charge is 0.355 e. The third-order valence-electron chi connectivity index (χ3n) is 2.03. The molecule has 0 saturated heterocycles. The maximum absolute atomic E-state index is 10.8. The van der Waals surface area contributed by atoms with E-state index in [0.29, 0.717) is 4.47 Å². The lowest BCUT2D eigenvalue weighted by Gasteiger charge is -2.07. The Bertz CT molecular complexity index is 380. The Kier molecular flexibility index (Phi) is 4.73. The summed E-state index contributed by atoms with van der Waals surface area (Å²) in [7, 11) is 0. The molecule has 1 N–H and O–H groups in total. The largest absolute Gasteiger partial charge is 0.476 e. The molecule has 5 heteroatoms. The van der Waals surface area contributed by atoms with Crippen LogP contribution in [0, 0.1) is 0 Å². The van der Waals surface area contributed by atoms with Gasteiger partial charge in [-0.15, -0.1) is 0 Å². The quantitative estimate of drug-likeness (QED) is 0.913. The molecule has 1 aromatic rings. The summed E-state index contributed by atoms with van der Waals surface area (Å²) in [6.45, 7) is 2.11. The predicted molar refractivity (Wildman–Crippen MR) is 65.2 cm³/mol. The van der Waals surface area contributed by atoms with Gasteiger partial charge >= 0.3 is 5.97 Å². The summed E-state index contributed by atoms with van der Waals surface area (Å²) in [6.07, 6.45) is 4.69. The van der Waals surface area contributed by atoms with Crippen LogP contribution >= 0.6 is 31.9 Å². The number of carbonyl (C=O) groups is 1. The molecule has 0 atom stereocenters. The number of aryl methyl sites for hydroxylation is 1. The van der Waals surface area contributed by atoms with Crippen LogP contribution in [0.4, 0.5) is 0 Å². The summed E-state index contributed by atoms with van der Waals surface area (Å²) in [5.74, 6) is -1.02. The van der Waals surface area contributed by atoms with Gasteiger partial charge in [0.25, 0.3) is 0 Å². The number of halogens is 2. The average molecular weight is 337 g/mol. The third kappa shape index (κ3) is 3.01. The van der Waals surface area contributed by atoms with Crippen molar-refractivity contribution in [2.24, 2.45) is 0 Å². The van der Waals surface area contributed by atoms with E-state index in [1.54, 1.807) is 6.20 Å². The fourth-order valence-corrected chi connectivity index (χ4v) is 2.21. The molecule has 0 amide bonds. The molecular formula is C10H11Br2NO2. The van der Waals surface area contributed by atoms with Gasteiger partial charge in [0.1, 0.15) is 0 Å². The molecule has 0 aliphatic heterocycles. The second-order valence-electron chi connectivity index (χ2n) is 3.17. The normalized spacial score (nSPS) is 10.3. The van der Waals surface area contributed by atoms with Crippen LogP contribution in [-0.4, -0.2) is 16.1 Å². The first-order valence-electron chi connectivity index (χ1n) is 4.64. The van der Waals surface area contributed by atoms with Crippen LogP contribution < -0.4 is 0 Å². The second kappa shape index (κ2) is 5.61. The molecule has 1 aromatic heterocycles. The predicted octanol–water partition coefficient (Wildman–Crippen LogP) is 3.65. The minimum Gasteiger partial charge on any atom is -0.476 e. The minimum atomic E-state index is -1.02.